The van der Waals surface area contributed by atoms with Gasteiger partial charge in [0.1, 0.15) is 4.83 Å². The number of aromatic amines is 1. The number of hydrogen-bond acceptors (Lipinski definition) is 4. The van der Waals surface area contributed by atoms with E-state index in [1.165, 1.54) is 0 Å². The molecule has 2 aromatic heterocycles. The topological polar surface area (TPSA) is 47.0 Å². The van der Waals surface area contributed by atoms with E-state index in [0.29, 0.717) is 23.3 Å². The second kappa shape index (κ2) is 6.56. The minimum atomic E-state index is -0.0340. The lowest BCUT2D eigenvalue weighted by atomic mass is 10.2. The summed E-state index contributed by atoms with van der Waals surface area (Å²) in [6, 6.07) is 12.0. The van der Waals surface area contributed by atoms with Crippen molar-refractivity contribution in [3.05, 3.63) is 51.5 Å². The maximum Gasteiger partial charge on any atom is 0.263 e. The molecule has 0 bridgehead atoms. The van der Waals surface area contributed by atoms with Crippen LogP contribution in [0.1, 0.15) is 6.42 Å². The number of ether oxygens (including phenoxy) is 1. The molecule has 3 aromatic rings. The van der Waals surface area contributed by atoms with Gasteiger partial charge in [-0.15, -0.1) is 11.3 Å². The molecule has 114 valence electrons. The highest BCUT2D eigenvalue weighted by Crippen LogP contribution is 2.30. The van der Waals surface area contributed by atoms with Crippen LogP contribution >= 0.6 is 23.6 Å². The molecule has 0 saturated heterocycles. The normalized spacial score (nSPS) is 11.1. The Labute approximate surface area is 137 Å². The van der Waals surface area contributed by atoms with E-state index in [1.54, 1.807) is 23.0 Å². The number of nitrogens with one attached hydrogen (secondary N) is 1. The lowest BCUT2D eigenvalue weighted by Gasteiger charge is -2.05. The van der Waals surface area contributed by atoms with E-state index >= 15 is 0 Å². The van der Waals surface area contributed by atoms with Crippen molar-refractivity contribution in [3.63, 3.8) is 0 Å². The van der Waals surface area contributed by atoms with Crippen LogP contribution in [0.4, 0.5) is 0 Å². The van der Waals surface area contributed by atoms with Crippen molar-refractivity contribution in [2.24, 2.45) is 0 Å². The van der Waals surface area contributed by atoms with Crippen LogP contribution in [0.25, 0.3) is 20.7 Å². The van der Waals surface area contributed by atoms with Gasteiger partial charge < -0.3 is 9.72 Å². The van der Waals surface area contributed by atoms with Crippen molar-refractivity contribution in [2.45, 2.75) is 13.0 Å². The number of methoxy groups -OCH3 is 1. The molecule has 0 spiro atoms. The Kier molecular flexibility index (Phi) is 4.52. The molecule has 0 fully saturated rings. The minimum absolute atomic E-state index is 0.0340. The molecular formula is C16H16N2O2S2. The van der Waals surface area contributed by atoms with Crippen LogP contribution in [0.3, 0.4) is 0 Å². The first kappa shape index (κ1) is 15.1. The van der Waals surface area contributed by atoms with Crippen LogP contribution < -0.4 is 5.56 Å². The molecule has 6 heteroatoms. The highest BCUT2D eigenvalue weighted by atomic mass is 32.1. The molecule has 0 aliphatic heterocycles. The smallest absolute Gasteiger partial charge is 0.263 e. The highest BCUT2D eigenvalue weighted by molar-refractivity contribution is 7.71. The monoisotopic (exact) mass is 332 g/mol. The molecule has 1 aromatic carbocycles. The molecule has 0 unspecified atom stereocenters. The predicted octanol–water partition coefficient (Wildman–Crippen LogP) is 3.82. The summed E-state index contributed by atoms with van der Waals surface area (Å²) in [5, 5.41) is 0.690. The SMILES string of the molecule is COCCCn1c(=S)[nH]c2sc(-c3ccccc3)cc2c1=O. The number of H-pyrrole nitrogens is 1. The van der Waals surface area contributed by atoms with Gasteiger partial charge in [-0.3, -0.25) is 9.36 Å². The number of benzene rings is 1. The zero-order valence-corrected chi connectivity index (χ0v) is 13.8. The maximum atomic E-state index is 12.6. The molecule has 22 heavy (non-hydrogen) atoms. The van der Waals surface area contributed by atoms with Gasteiger partial charge in [0.25, 0.3) is 5.56 Å². The Hall–Kier alpha value is -1.76. The van der Waals surface area contributed by atoms with Gasteiger partial charge in [0.05, 0.1) is 5.39 Å². The number of thiophene rings is 1. The third-order valence-electron chi connectivity index (χ3n) is 3.46. The average Bonchev–Trinajstić information content (AvgIpc) is 2.95. The Morgan fingerprint density at radius 3 is 2.82 bits per heavy atom. The van der Waals surface area contributed by atoms with Gasteiger partial charge in [0.15, 0.2) is 4.77 Å². The van der Waals surface area contributed by atoms with Gasteiger partial charge in [-0.25, -0.2) is 0 Å². The molecule has 0 aliphatic carbocycles. The van der Waals surface area contributed by atoms with E-state index in [-0.39, 0.29) is 5.56 Å². The Morgan fingerprint density at radius 2 is 2.09 bits per heavy atom. The largest absolute Gasteiger partial charge is 0.385 e. The summed E-state index contributed by atoms with van der Waals surface area (Å²) >= 11 is 6.87. The quantitative estimate of drug-likeness (QED) is 0.571. The highest BCUT2D eigenvalue weighted by Gasteiger charge is 2.10. The van der Waals surface area contributed by atoms with Gasteiger partial charge in [0, 0.05) is 25.1 Å². The molecule has 0 amide bonds. The molecule has 0 radical (unpaired) electrons. The summed E-state index contributed by atoms with van der Waals surface area (Å²) in [4.78, 5) is 17.7. The summed E-state index contributed by atoms with van der Waals surface area (Å²) in [7, 11) is 1.65. The van der Waals surface area contributed by atoms with Crippen LogP contribution in [0.15, 0.2) is 41.2 Å². The second-order valence-corrected chi connectivity index (χ2v) is 6.39. The minimum Gasteiger partial charge on any atom is -0.385 e. The van der Waals surface area contributed by atoms with Crippen molar-refractivity contribution >= 4 is 33.8 Å². The Morgan fingerprint density at radius 1 is 1.32 bits per heavy atom. The lowest BCUT2D eigenvalue weighted by Crippen LogP contribution is -2.22. The lowest BCUT2D eigenvalue weighted by molar-refractivity contribution is 0.189. The van der Waals surface area contributed by atoms with Crippen molar-refractivity contribution in [1.82, 2.24) is 9.55 Å². The molecule has 2 heterocycles. The number of hydrogen-bond donors (Lipinski definition) is 1. The molecule has 0 saturated carbocycles. The first-order valence-electron chi connectivity index (χ1n) is 7.01. The Balaban J connectivity index is 2.07. The number of fused-ring (bicyclic) bond motifs is 1. The summed E-state index contributed by atoms with van der Waals surface area (Å²) in [6.07, 6.45) is 0.759. The van der Waals surface area contributed by atoms with Gasteiger partial charge in [-0.1, -0.05) is 30.3 Å². The van der Waals surface area contributed by atoms with Crippen LogP contribution in [0.5, 0.6) is 0 Å². The molecule has 0 atom stereocenters. The van der Waals surface area contributed by atoms with Crippen molar-refractivity contribution in [1.29, 1.82) is 0 Å². The van der Waals surface area contributed by atoms with Gasteiger partial charge in [0.2, 0.25) is 0 Å². The van der Waals surface area contributed by atoms with E-state index in [9.17, 15) is 4.79 Å². The van der Waals surface area contributed by atoms with E-state index in [4.69, 9.17) is 17.0 Å². The molecule has 0 aliphatic rings. The van der Waals surface area contributed by atoms with Crippen LogP contribution in [-0.4, -0.2) is 23.3 Å². The van der Waals surface area contributed by atoms with Crippen LogP contribution in [0.2, 0.25) is 0 Å². The van der Waals surface area contributed by atoms with Crippen molar-refractivity contribution in [2.75, 3.05) is 13.7 Å². The second-order valence-electron chi connectivity index (χ2n) is 4.95. The summed E-state index contributed by atoms with van der Waals surface area (Å²) in [5.41, 5.74) is 1.07. The van der Waals surface area contributed by atoms with E-state index < -0.39 is 0 Å². The maximum absolute atomic E-state index is 12.6. The third-order valence-corrected chi connectivity index (χ3v) is 4.88. The standard InChI is InChI=1S/C16H16N2O2S2/c1-20-9-5-8-18-15(19)12-10-13(11-6-3-2-4-7-11)22-14(12)17-16(18)21/h2-4,6-7,10H,5,8-9H2,1H3,(H,17,21). The van der Waals surface area contributed by atoms with E-state index in [1.807, 2.05) is 36.4 Å². The average molecular weight is 332 g/mol. The molecular weight excluding hydrogens is 316 g/mol. The summed E-state index contributed by atoms with van der Waals surface area (Å²) in [6.45, 7) is 1.17. The fourth-order valence-electron chi connectivity index (χ4n) is 2.36. The van der Waals surface area contributed by atoms with Crippen molar-refractivity contribution in [3.8, 4) is 10.4 Å². The van der Waals surface area contributed by atoms with Gasteiger partial charge >= 0.3 is 0 Å². The summed E-state index contributed by atoms with van der Waals surface area (Å²) in [5.74, 6) is 0. The third kappa shape index (κ3) is 2.90. The zero-order valence-electron chi connectivity index (χ0n) is 12.2. The fourth-order valence-corrected chi connectivity index (χ4v) is 3.76. The van der Waals surface area contributed by atoms with Crippen LogP contribution in [0, 0.1) is 4.77 Å². The fraction of sp³-hybridized carbons (Fsp3) is 0.250. The van der Waals surface area contributed by atoms with Gasteiger partial charge in [-0.2, -0.15) is 0 Å². The molecule has 3 rings (SSSR count). The Bertz CT molecular complexity index is 894. The number of nitrogens with zero attached hydrogens (tertiary/aromatic N) is 1. The first-order chi connectivity index (χ1) is 10.7. The van der Waals surface area contributed by atoms with E-state index in [0.717, 1.165) is 21.7 Å². The number of aromatic nitrogens is 2. The molecule has 1 N–H and O–H groups in total. The number of rotatable bonds is 5. The summed E-state index contributed by atoms with van der Waals surface area (Å²) < 4.78 is 7.11. The van der Waals surface area contributed by atoms with Crippen molar-refractivity contribution < 1.29 is 4.74 Å². The first-order valence-corrected chi connectivity index (χ1v) is 8.24. The molecule has 4 nitrogen and oxygen atoms in total. The van der Waals surface area contributed by atoms with E-state index in [2.05, 4.69) is 4.98 Å². The van der Waals surface area contributed by atoms with Crippen LogP contribution in [-0.2, 0) is 11.3 Å². The zero-order chi connectivity index (χ0) is 15.5. The predicted molar refractivity (Wildman–Crippen MR) is 93.2 cm³/mol. The van der Waals surface area contributed by atoms with Gasteiger partial charge in [-0.05, 0) is 30.3 Å².